The summed E-state index contributed by atoms with van der Waals surface area (Å²) in [5, 5.41) is 2.85. The average molecular weight is 325 g/mol. The van der Waals surface area contributed by atoms with Crippen LogP contribution in [0.25, 0.3) is 27.8 Å². The number of nitrogens with zero attached hydrogens (tertiary/aromatic N) is 1. The van der Waals surface area contributed by atoms with E-state index < -0.39 is 5.97 Å². The minimum Gasteiger partial charge on any atom is -0.423 e. The molecule has 0 atom stereocenters. The summed E-state index contributed by atoms with van der Waals surface area (Å²) in [5.74, 6) is 0.105. The van der Waals surface area contributed by atoms with Crippen molar-refractivity contribution in [2.24, 2.45) is 0 Å². The van der Waals surface area contributed by atoms with E-state index in [1.165, 1.54) is 6.08 Å². The molecule has 0 saturated carbocycles. The van der Waals surface area contributed by atoms with Crippen molar-refractivity contribution in [3.63, 3.8) is 0 Å². The van der Waals surface area contributed by atoms with Gasteiger partial charge in [0, 0.05) is 17.7 Å². The normalized spacial score (nSPS) is 11.2. The zero-order chi connectivity index (χ0) is 17.1. The van der Waals surface area contributed by atoms with E-state index in [2.05, 4.69) is 4.98 Å². The number of hydrogen-bond acceptors (Lipinski definition) is 3. The number of benzene rings is 3. The first-order valence-corrected chi connectivity index (χ1v) is 8.03. The topological polar surface area (TPSA) is 39.2 Å². The number of ether oxygens (including phenoxy) is 1. The molecule has 0 bridgehead atoms. The van der Waals surface area contributed by atoms with E-state index >= 15 is 0 Å². The van der Waals surface area contributed by atoms with Crippen LogP contribution >= 0.6 is 0 Å². The van der Waals surface area contributed by atoms with E-state index in [4.69, 9.17) is 4.74 Å². The smallest absolute Gasteiger partial charge is 0.336 e. The molecule has 4 aromatic rings. The van der Waals surface area contributed by atoms with Crippen LogP contribution in [0.4, 0.5) is 0 Å². The summed E-state index contributed by atoms with van der Waals surface area (Å²) >= 11 is 0. The predicted octanol–water partition coefficient (Wildman–Crippen LogP) is 5.01. The van der Waals surface area contributed by atoms with Crippen molar-refractivity contribution in [1.29, 1.82) is 0 Å². The summed E-state index contributed by atoms with van der Waals surface area (Å²) in [7, 11) is 0. The van der Waals surface area contributed by atoms with Gasteiger partial charge in [0.05, 0.1) is 10.9 Å². The van der Waals surface area contributed by atoms with Gasteiger partial charge in [0.1, 0.15) is 5.75 Å². The lowest BCUT2D eigenvalue weighted by Gasteiger charge is -2.08. The number of pyridine rings is 1. The van der Waals surface area contributed by atoms with Crippen molar-refractivity contribution in [2.75, 3.05) is 0 Å². The molecule has 0 saturated heterocycles. The molecule has 120 valence electrons. The predicted molar refractivity (Wildman–Crippen MR) is 100 cm³/mol. The standard InChI is InChI=1S/C22H15NO2/c24-20(14-11-16-6-2-1-3-7-16)25-19-10-4-8-17-12-13-18-9-5-15-23-22(18)21(17)19/h1-15H/b14-11+. The molecule has 1 heterocycles. The third kappa shape index (κ3) is 3.12. The van der Waals surface area contributed by atoms with Crippen LogP contribution in [0, 0.1) is 0 Å². The van der Waals surface area contributed by atoms with Crippen molar-refractivity contribution >= 4 is 33.7 Å². The zero-order valence-electron chi connectivity index (χ0n) is 13.4. The number of hydrogen-bond donors (Lipinski definition) is 0. The quantitative estimate of drug-likeness (QED) is 0.230. The molecule has 0 unspecified atom stereocenters. The third-order valence-electron chi connectivity index (χ3n) is 4.00. The van der Waals surface area contributed by atoms with Crippen LogP contribution in [0.5, 0.6) is 5.75 Å². The Bertz CT molecular complexity index is 1080. The number of carbonyl (C=O) groups excluding carboxylic acids is 1. The van der Waals surface area contributed by atoms with E-state index in [0.717, 1.165) is 27.2 Å². The maximum absolute atomic E-state index is 12.2. The fraction of sp³-hybridized carbons (Fsp3) is 0. The Kier molecular flexibility index (Phi) is 3.97. The molecular formula is C22H15NO2. The first-order chi connectivity index (χ1) is 12.3. The van der Waals surface area contributed by atoms with Gasteiger partial charge in [-0.25, -0.2) is 4.79 Å². The Hall–Kier alpha value is -3.46. The highest BCUT2D eigenvalue weighted by Gasteiger charge is 2.10. The summed E-state index contributed by atoms with van der Waals surface area (Å²) in [4.78, 5) is 16.7. The lowest BCUT2D eigenvalue weighted by Crippen LogP contribution is -2.04. The van der Waals surface area contributed by atoms with Gasteiger partial charge in [0.15, 0.2) is 0 Å². The Morgan fingerprint density at radius 1 is 0.840 bits per heavy atom. The first kappa shape index (κ1) is 15.1. The second-order valence-electron chi connectivity index (χ2n) is 5.66. The Morgan fingerprint density at radius 2 is 1.64 bits per heavy atom. The van der Waals surface area contributed by atoms with Crippen LogP contribution in [0.15, 0.2) is 85.1 Å². The molecular weight excluding hydrogens is 310 g/mol. The summed E-state index contributed by atoms with van der Waals surface area (Å²) in [6, 6.07) is 23.2. The fourth-order valence-corrected chi connectivity index (χ4v) is 2.84. The van der Waals surface area contributed by atoms with Crippen LogP contribution in [0.1, 0.15) is 5.56 Å². The van der Waals surface area contributed by atoms with Gasteiger partial charge >= 0.3 is 5.97 Å². The van der Waals surface area contributed by atoms with Gasteiger partial charge < -0.3 is 4.74 Å². The van der Waals surface area contributed by atoms with Crippen molar-refractivity contribution in [2.45, 2.75) is 0 Å². The Morgan fingerprint density at radius 3 is 2.52 bits per heavy atom. The van der Waals surface area contributed by atoms with Crippen molar-refractivity contribution in [3.05, 3.63) is 90.6 Å². The van der Waals surface area contributed by atoms with E-state index in [1.807, 2.05) is 66.7 Å². The van der Waals surface area contributed by atoms with E-state index in [1.54, 1.807) is 18.3 Å². The van der Waals surface area contributed by atoms with Gasteiger partial charge in [-0.1, -0.05) is 60.7 Å². The van der Waals surface area contributed by atoms with E-state index in [-0.39, 0.29) is 0 Å². The number of fused-ring (bicyclic) bond motifs is 3. The first-order valence-electron chi connectivity index (χ1n) is 8.03. The molecule has 0 aliphatic heterocycles. The lowest BCUT2D eigenvalue weighted by atomic mass is 10.1. The molecule has 4 rings (SSSR count). The van der Waals surface area contributed by atoms with Crippen molar-refractivity contribution in [1.82, 2.24) is 4.98 Å². The minimum atomic E-state index is -0.413. The summed E-state index contributed by atoms with van der Waals surface area (Å²) in [5.41, 5.74) is 1.78. The molecule has 3 nitrogen and oxygen atoms in total. The highest BCUT2D eigenvalue weighted by atomic mass is 16.5. The average Bonchev–Trinajstić information content (AvgIpc) is 2.67. The van der Waals surface area contributed by atoms with Crippen LogP contribution in [0.3, 0.4) is 0 Å². The molecule has 3 aromatic carbocycles. The fourth-order valence-electron chi connectivity index (χ4n) is 2.84. The summed E-state index contributed by atoms with van der Waals surface area (Å²) in [6.45, 7) is 0. The molecule has 0 aliphatic carbocycles. The number of aromatic nitrogens is 1. The van der Waals surface area contributed by atoms with Gasteiger partial charge in [0.2, 0.25) is 0 Å². The highest BCUT2D eigenvalue weighted by Crippen LogP contribution is 2.31. The maximum atomic E-state index is 12.2. The van der Waals surface area contributed by atoms with Gasteiger partial charge in [-0.2, -0.15) is 0 Å². The Balaban J connectivity index is 1.71. The van der Waals surface area contributed by atoms with Crippen molar-refractivity contribution < 1.29 is 9.53 Å². The van der Waals surface area contributed by atoms with Crippen LogP contribution in [0.2, 0.25) is 0 Å². The van der Waals surface area contributed by atoms with Crippen LogP contribution in [-0.2, 0) is 4.79 Å². The Labute approximate surface area is 145 Å². The second-order valence-corrected chi connectivity index (χ2v) is 5.66. The molecule has 0 N–H and O–H groups in total. The van der Waals surface area contributed by atoms with E-state index in [9.17, 15) is 4.79 Å². The molecule has 3 heteroatoms. The molecule has 25 heavy (non-hydrogen) atoms. The highest BCUT2D eigenvalue weighted by molar-refractivity contribution is 6.09. The molecule has 1 aromatic heterocycles. The number of rotatable bonds is 3. The van der Waals surface area contributed by atoms with Gasteiger partial charge in [-0.05, 0) is 29.2 Å². The summed E-state index contributed by atoms with van der Waals surface area (Å²) in [6.07, 6.45) is 4.92. The third-order valence-corrected chi connectivity index (χ3v) is 4.00. The van der Waals surface area contributed by atoms with Gasteiger partial charge in [0.25, 0.3) is 0 Å². The van der Waals surface area contributed by atoms with Crippen molar-refractivity contribution in [3.8, 4) is 5.75 Å². The number of carbonyl (C=O) groups is 1. The molecule has 0 radical (unpaired) electrons. The summed E-state index contributed by atoms with van der Waals surface area (Å²) < 4.78 is 5.59. The molecule has 0 aliphatic rings. The monoisotopic (exact) mass is 325 g/mol. The molecule has 0 amide bonds. The minimum absolute atomic E-state index is 0.413. The molecule has 0 spiro atoms. The zero-order valence-corrected chi connectivity index (χ0v) is 13.4. The van der Waals surface area contributed by atoms with Gasteiger partial charge in [-0.15, -0.1) is 0 Å². The van der Waals surface area contributed by atoms with Crippen LogP contribution in [-0.4, -0.2) is 11.0 Å². The second kappa shape index (κ2) is 6.57. The largest absolute Gasteiger partial charge is 0.423 e. The molecule has 0 fully saturated rings. The van der Waals surface area contributed by atoms with Crippen LogP contribution < -0.4 is 4.74 Å². The van der Waals surface area contributed by atoms with Gasteiger partial charge in [-0.3, -0.25) is 4.98 Å². The van der Waals surface area contributed by atoms with E-state index in [0.29, 0.717) is 5.75 Å². The SMILES string of the molecule is O=C(/C=C/c1ccccc1)Oc1cccc2ccc3cccnc3c12. The maximum Gasteiger partial charge on any atom is 0.336 e. The lowest BCUT2D eigenvalue weighted by molar-refractivity contribution is -0.128. The number of esters is 1.